The van der Waals surface area contributed by atoms with Gasteiger partial charge in [-0.3, -0.25) is 15.0 Å². The number of rotatable bonds is 4. The first-order chi connectivity index (χ1) is 12.5. The zero-order chi connectivity index (χ0) is 18.5. The molecule has 7 nitrogen and oxygen atoms in total. The summed E-state index contributed by atoms with van der Waals surface area (Å²) >= 11 is 7.46. The van der Waals surface area contributed by atoms with Gasteiger partial charge in [-0.2, -0.15) is 0 Å². The minimum atomic E-state index is -0.153. The maximum atomic E-state index is 12.3. The van der Waals surface area contributed by atoms with E-state index < -0.39 is 0 Å². The molecule has 3 rings (SSSR count). The van der Waals surface area contributed by atoms with Crippen LogP contribution < -0.4 is 10.6 Å². The molecule has 0 saturated carbocycles. The number of aromatic nitrogens is 1. The molecular formula is C17H20ClN5O2S. The van der Waals surface area contributed by atoms with E-state index in [4.69, 9.17) is 11.6 Å². The quantitative estimate of drug-likeness (QED) is 0.837. The lowest BCUT2D eigenvalue weighted by atomic mass is 10.3. The minimum Gasteiger partial charge on any atom is -0.324 e. The molecule has 138 valence electrons. The summed E-state index contributed by atoms with van der Waals surface area (Å²) in [4.78, 5) is 32.4. The molecule has 1 aromatic carbocycles. The molecule has 2 heterocycles. The smallest absolute Gasteiger partial charge is 0.323 e. The lowest BCUT2D eigenvalue weighted by Crippen LogP contribution is -2.51. The molecule has 1 aliphatic rings. The van der Waals surface area contributed by atoms with Crippen LogP contribution in [-0.4, -0.2) is 59.4 Å². The molecule has 1 saturated heterocycles. The first-order valence-corrected chi connectivity index (χ1v) is 9.52. The number of nitrogens with one attached hydrogen (secondary N) is 2. The van der Waals surface area contributed by atoms with Crippen molar-refractivity contribution >= 4 is 45.7 Å². The van der Waals surface area contributed by atoms with Gasteiger partial charge in [0.1, 0.15) is 0 Å². The first-order valence-electron chi connectivity index (χ1n) is 8.26. The van der Waals surface area contributed by atoms with Gasteiger partial charge >= 0.3 is 6.03 Å². The van der Waals surface area contributed by atoms with Gasteiger partial charge in [0.2, 0.25) is 5.91 Å². The molecule has 2 aromatic rings. The van der Waals surface area contributed by atoms with E-state index in [0.29, 0.717) is 42.0 Å². The van der Waals surface area contributed by atoms with Crippen molar-refractivity contribution in [2.75, 3.05) is 43.4 Å². The molecule has 3 amide bonds. The standard InChI is InChI=1S/C17H20ClN5O2S/c1-12-11-26-16(19-12)21-17(25)23-8-6-22(7-9-23)10-15(24)20-14-5-3-2-4-13(14)18/h2-5,11H,6-10H2,1H3,(H,20,24)(H,19,21,25). The Hall–Kier alpha value is -2.16. The van der Waals surface area contributed by atoms with Gasteiger partial charge in [-0.25, -0.2) is 9.78 Å². The van der Waals surface area contributed by atoms with Crippen molar-refractivity contribution in [3.63, 3.8) is 0 Å². The van der Waals surface area contributed by atoms with Crippen molar-refractivity contribution in [3.05, 3.63) is 40.4 Å². The van der Waals surface area contributed by atoms with Crippen molar-refractivity contribution < 1.29 is 9.59 Å². The average molecular weight is 394 g/mol. The molecule has 1 aliphatic heterocycles. The highest BCUT2D eigenvalue weighted by atomic mass is 35.5. The van der Waals surface area contributed by atoms with Gasteiger partial charge in [-0.15, -0.1) is 11.3 Å². The first kappa shape index (κ1) is 18.6. The second-order valence-corrected chi connectivity index (χ2v) is 7.28. The Labute approximate surface area is 161 Å². The second-order valence-electron chi connectivity index (χ2n) is 6.02. The predicted octanol–water partition coefficient (Wildman–Crippen LogP) is 2.89. The second kappa shape index (κ2) is 8.48. The van der Waals surface area contributed by atoms with E-state index in [1.54, 1.807) is 17.0 Å². The number of aryl methyl sites for hydroxylation is 1. The van der Waals surface area contributed by atoms with E-state index in [1.165, 1.54) is 11.3 Å². The van der Waals surface area contributed by atoms with Crippen LogP contribution in [0.4, 0.5) is 15.6 Å². The van der Waals surface area contributed by atoms with Gasteiger partial charge in [0.05, 0.1) is 22.9 Å². The lowest BCUT2D eigenvalue weighted by molar-refractivity contribution is -0.117. The largest absolute Gasteiger partial charge is 0.324 e. The van der Waals surface area contributed by atoms with Crippen LogP contribution in [-0.2, 0) is 4.79 Å². The third-order valence-corrected chi connectivity index (χ3v) is 5.21. The maximum Gasteiger partial charge on any atom is 0.323 e. The van der Waals surface area contributed by atoms with Crippen molar-refractivity contribution in [2.45, 2.75) is 6.92 Å². The van der Waals surface area contributed by atoms with E-state index in [2.05, 4.69) is 15.6 Å². The van der Waals surface area contributed by atoms with Crippen LogP contribution in [0.3, 0.4) is 0 Å². The maximum absolute atomic E-state index is 12.3. The summed E-state index contributed by atoms with van der Waals surface area (Å²) in [5.74, 6) is -0.116. The molecule has 1 fully saturated rings. The highest BCUT2D eigenvalue weighted by molar-refractivity contribution is 7.13. The number of carbonyl (C=O) groups excluding carboxylic acids is 2. The predicted molar refractivity (Wildman–Crippen MR) is 104 cm³/mol. The van der Waals surface area contributed by atoms with E-state index in [-0.39, 0.29) is 18.5 Å². The number of urea groups is 1. The number of benzene rings is 1. The zero-order valence-electron chi connectivity index (χ0n) is 14.4. The summed E-state index contributed by atoms with van der Waals surface area (Å²) in [6.45, 7) is 4.57. The van der Waals surface area contributed by atoms with Crippen LogP contribution >= 0.6 is 22.9 Å². The Bertz CT molecular complexity index is 789. The zero-order valence-corrected chi connectivity index (χ0v) is 15.9. The van der Waals surface area contributed by atoms with Crippen LogP contribution in [0.25, 0.3) is 0 Å². The number of anilines is 2. The Kier molecular flexibility index (Phi) is 6.08. The number of thiazole rings is 1. The van der Waals surface area contributed by atoms with E-state index in [9.17, 15) is 9.59 Å². The molecule has 2 N–H and O–H groups in total. The lowest BCUT2D eigenvalue weighted by Gasteiger charge is -2.34. The highest BCUT2D eigenvalue weighted by Gasteiger charge is 2.23. The van der Waals surface area contributed by atoms with Crippen molar-refractivity contribution in [3.8, 4) is 0 Å². The highest BCUT2D eigenvalue weighted by Crippen LogP contribution is 2.20. The Morgan fingerprint density at radius 2 is 1.92 bits per heavy atom. The van der Waals surface area contributed by atoms with Crippen LogP contribution in [0.5, 0.6) is 0 Å². The van der Waals surface area contributed by atoms with Crippen molar-refractivity contribution in [1.82, 2.24) is 14.8 Å². The van der Waals surface area contributed by atoms with Crippen molar-refractivity contribution in [2.24, 2.45) is 0 Å². The molecule has 9 heteroatoms. The number of amides is 3. The molecule has 0 spiro atoms. The number of nitrogens with zero attached hydrogens (tertiary/aromatic N) is 3. The number of para-hydroxylation sites is 1. The number of carbonyl (C=O) groups is 2. The third kappa shape index (κ3) is 4.94. The topological polar surface area (TPSA) is 77.6 Å². The minimum absolute atomic E-state index is 0.116. The fourth-order valence-corrected chi connectivity index (χ4v) is 3.51. The number of halogens is 1. The molecule has 0 unspecified atom stereocenters. The van der Waals surface area contributed by atoms with E-state index >= 15 is 0 Å². The van der Waals surface area contributed by atoms with Gasteiger partial charge in [-0.1, -0.05) is 23.7 Å². The Balaban J connectivity index is 1.44. The normalized spacial score (nSPS) is 14.9. The van der Waals surface area contributed by atoms with E-state index in [1.807, 2.05) is 29.3 Å². The number of hydrogen-bond donors (Lipinski definition) is 2. The molecule has 26 heavy (non-hydrogen) atoms. The molecular weight excluding hydrogens is 374 g/mol. The molecule has 0 aliphatic carbocycles. The summed E-state index contributed by atoms with van der Waals surface area (Å²) in [7, 11) is 0. The summed E-state index contributed by atoms with van der Waals surface area (Å²) in [6, 6.07) is 6.99. The average Bonchev–Trinajstić information content (AvgIpc) is 3.02. The molecule has 0 radical (unpaired) electrons. The SMILES string of the molecule is Cc1csc(NC(=O)N2CCN(CC(=O)Nc3ccccc3Cl)CC2)n1. The number of hydrogen-bond acceptors (Lipinski definition) is 5. The van der Waals surface area contributed by atoms with Crippen molar-refractivity contribution in [1.29, 1.82) is 0 Å². The van der Waals surface area contributed by atoms with Crippen LogP contribution in [0, 0.1) is 6.92 Å². The van der Waals surface area contributed by atoms with Gasteiger partial charge in [-0.05, 0) is 19.1 Å². The Morgan fingerprint density at radius 3 is 2.58 bits per heavy atom. The third-order valence-electron chi connectivity index (χ3n) is 4.01. The van der Waals surface area contributed by atoms with E-state index in [0.717, 1.165) is 5.69 Å². The van der Waals surface area contributed by atoms with Crippen LogP contribution in [0.2, 0.25) is 5.02 Å². The monoisotopic (exact) mass is 393 g/mol. The Morgan fingerprint density at radius 1 is 1.19 bits per heavy atom. The fourth-order valence-electron chi connectivity index (χ4n) is 2.65. The van der Waals surface area contributed by atoms with Gasteiger partial charge in [0, 0.05) is 31.6 Å². The fraction of sp³-hybridized carbons (Fsp3) is 0.353. The summed E-state index contributed by atoms with van der Waals surface area (Å²) in [5, 5.41) is 8.64. The summed E-state index contributed by atoms with van der Waals surface area (Å²) in [6.07, 6.45) is 0. The summed E-state index contributed by atoms with van der Waals surface area (Å²) in [5.41, 5.74) is 1.50. The molecule has 0 atom stereocenters. The van der Waals surface area contributed by atoms with Gasteiger partial charge in [0.25, 0.3) is 0 Å². The van der Waals surface area contributed by atoms with Gasteiger partial charge in [0.15, 0.2) is 5.13 Å². The van der Waals surface area contributed by atoms with Crippen LogP contribution in [0.1, 0.15) is 5.69 Å². The molecule has 1 aromatic heterocycles. The number of piperazine rings is 1. The summed E-state index contributed by atoms with van der Waals surface area (Å²) < 4.78 is 0. The van der Waals surface area contributed by atoms with Gasteiger partial charge < -0.3 is 10.2 Å². The van der Waals surface area contributed by atoms with Crippen LogP contribution in [0.15, 0.2) is 29.6 Å². The molecule has 0 bridgehead atoms.